The number of rotatable bonds is 6. The molecule has 158 valence electrons. The topological polar surface area (TPSA) is 54.9 Å². The maximum Gasteiger partial charge on any atom is 0.263 e. The summed E-state index contributed by atoms with van der Waals surface area (Å²) >= 11 is 1.73. The number of piperazine rings is 1. The first kappa shape index (κ1) is 20.5. The van der Waals surface area contributed by atoms with E-state index in [1.54, 1.807) is 25.4 Å². The first-order valence-electron chi connectivity index (χ1n) is 10.3. The highest BCUT2D eigenvalue weighted by Crippen LogP contribution is 2.30. The number of amides is 1. The van der Waals surface area contributed by atoms with Crippen molar-refractivity contribution in [3.05, 3.63) is 48.0 Å². The lowest BCUT2D eigenvalue weighted by atomic mass is 10.2. The van der Waals surface area contributed by atoms with Crippen molar-refractivity contribution in [2.75, 3.05) is 38.2 Å². The largest absolute Gasteiger partial charge is 0.497 e. The molecule has 1 amide bonds. The van der Waals surface area contributed by atoms with E-state index in [1.165, 1.54) is 10.3 Å². The van der Waals surface area contributed by atoms with Crippen LogP contribution >= 0.6 is 11.3 Å². The van der Waals surface area contributed by atoms with Gasteiger partial charge in [-0.15, -0.1) is 0 Å². The molecule has 2 aromatic carbocycles. The Bertz CT molecular complexity index is 1010. The zero-order chi connectivity index (χ0) is 21.1. The van der Waals surface area contributed by atoms with E-state index in [0.717, 1.165) is 35.9 Å². The summed E-state index contributed by atoms with van der Waals surface area (Å²) in [5, 5.41) is 1.04. The van der Waals surface area contributed by atoms with Gasteiger partial charge in [0.2, 0.25) is 0 Å². The number of anilines is 1. The van der Waals surface area contributed by atoms with Crippen molar-refractivity contribution < 1.29 is 14.3 Å². The second-order valence-corrected chi connectivity index (χ2v) is 8.41. The van der Waals surface area contributed by atoms with Gasteiger partial charge in [0.15, 0.2) is 11.2 Å². The van der Waals surface area contributed by atoms with Crippen molar-refractivity contribution in [2.45, 2.75) is 26.4 Å². The molecule has 0 spiro atoms. The number of carbonyl (C=O) groups excluding carboxylic acids is 1. The predicted octanol–water partition coefficient (Wildman–Crippen LogP) is 3.98. The van der Waals surface area contributed by atoms with E-state index in [9.17, 15) is 4.79 Å². The standard InChI is InChI=1S/C23H27N3O3S/c1-4-17-5-10-20-21(15-17)30-23(24-20)26-13-11-25(12-14-26)22(27)16(2)29-19-8-6-18(28-3)7-9-19/h5-10,15-16H,4,11-14H2,1-3H3. The van der Waals surface area contributed by atoms with E-state index >= 15 is 0 Å². The number of aryl methyl sites for hydroxylation is 1. The molecule has 6 nitrogen and oxygen atoms in total. The molecule has 1 unspecified atom stereocenters. The highest BCUT2D eigenvalue weighted by molar-refractivity contribution is 7.22. The Hall–Kier alpha value is -2.80. The van der Waals surface area contributed by atoms with Crippen LogP contribution in [0, 0.1) is 0 Å². The highest BCUT2D eigenvalue weighted by atomic mass is 32.1. The predicted molar refractivity (Wildman–Crippen MR) is 121 cm³/mol. The normalized spacial score (nSPS) is 15.3. The summed E-state index contributed by atoms with van der Waals surface area (Å²) in [7, 11) is 1.62. The smallest absolute Gasteiger partial charge is 0.263 e. The minimum Gasteiger partial charge on any atom is -0.497 e. The maximum atomic E-state index is 12.8. The summed E-state index contributed by atoms with van der Waals surface area (Å²) in [5.74, 6) is 1.44. The summed E-state index contributed by atoms with van der Waals surface area (Å²) in [6.45, 7) is 6.87. The lowest BCUT2D eigenvalue weighted by Crippen LogP contribution is -2.52. The van der Waals surface area contributed by atoms with E-state index < -0.39 is 6.10 Å². The average molecular weight is 426 g/mol. The molecule has 3 aromatic rings. The van der Waals surface area contributed by atoms with Crippen molar-refractivity contribution in [3.8, 4) is 11.5 Å². The second kappa shape index (κ2) is 8.92. The van der Waals surface area contributed by atoms with E-state index in [2.05, 4.69) is 30.0 Å². The number of carbonyl (C=O) groups is 1. The number of fused-ring (bicyclic) bond motifs is 1. The third-order valence-corrected chi connectivity index (χ3v) is 6.51. The quantitative estimate of drug-likeness (QED) is 0.598. The molecule has 0 saturated carbocycles. The number of ether oxygens (including phenoxy) is 2. The number of aromatic nitrogens is 1. The summed E-state index contributed by atoms with van der Waals surface area (Å²) < 4.78 is 12.2. The Balaban J connectivity index is 1.34. The Labute approximate surface area is 181 Å². The highest BCUT2D eigenvalue weighted by Gasteiger charge is 2.27. The van der Waals surface area contributed by atoms with Crippen LogP contribution < -0.4 is 14.4 Å². The molecule has 0 N–H and O–H groups in total. The van der Waals surface area contributed by atoms with Crippen molar-refractivity contribution in [2.24, 2.45) is 0 Å². The molecule has 1 saturated heterocycles. The second-order valence-electron chi connectivity index (χ2n) is 7.40. The van der Waals surface area contributed by atoms with Crippen LogP contribution in [0.3, 0.4) is 0 Å². The molecule has 1 aliphatic rings. The Morgan fingerprint density at radius 3 is 2.47 bits per heavy atom. The van der Waals surface area contributed by atoms with E-state index in [4.69, 9.17) is 14.5 Å². The SMILES string of the molecule is CCc1ccc2nc(N3CCN(C(=O)C(C)Oc4ccc(OC)cc4)CC3)sc2c1. The van der Waals surface area contributed by atoms with Crippen LogP contribution in [-0.4, -0.2) is 55.2 Å². The lowest BCUT2D eigenvalue weighted by Gasteiger charge is -2.35. The Kier molecular flexibility index (Phi) is 6.08. The number of nitrogens with zero attached hydrogens (tertiary/aromatic N) is 3. The fraction of sp³-hybridized carbons (Fsp3) is 0.391. The van der Waals surface area contributed by atoms with Crippen molar-refractivity contribution in [1.82, 2.24) is 9.88 Å². The maximum absolute atomic E-state index is 12.8. The minimum absolute atomic E-state index is 0.0161. The molecule has 0 radical (unpaired) electrons. The molecular formula is C23H27N3O3S. The van der Waals surface area contributed by atoms with Crippen molar-refractivity contribution in [1.29, 1.82) is 0 Å². The van der Waals surface area contributed by atoms with Gasteiger partial charge in [0, 0.05) is 26.2 Å². The van der Waals surface area contributed by atoms with Crippen molar-refractivity contribution in [3.63, 3.8) is 0 Å². The lowest BCUT2D eigenvalue weighted by molar-refractivity contribution is -0.138. The number of thiazole rings is 1. The first-order chi connectivity index (χ1) is 14.6. The summed E-state index contributed by atoms with van der Waals surface area (Å²) in [5.41, 5.74) is 2.38. The third-order valence-electron chi connectivity index (χ3n) is 5.43. The monoisotopic (exact) mass is 425 g/mol. The zero-order valence-electron chi connectivity index (χ0n) is 17.6. The molecule has 0 bridgehead atoms. The van der Waals surface area contributed by atoms with Gasteiger partial charge in [-0.1, -0.05) is 24.3 Å². The molecule has 1 fully saturated rings. The van der Waals surface area contributed by atoms with E-state index in [-0.39, 0.29) is 5.91 Å². The van der Waals surface area contributed by atoms with Gasteiger partial charge >= 0.3 is 0 Å². The molecule has 1 aliphatic heterocycles. The Morgan fingerprint density at radius 1 is 1.10 bits per heavy atom. The van der Waals surface area contributed by atoms with Gasteiger partial charge < -0.3 is 19.3 Å². The minimum atomic E-state index is -0.528. The molecule has 1 atom stereocenters. The summed E-state index contributed by atoms with van der Waals surface area (Å²) in [6.07, 6.45) is 0.501. The fourth-order valence-electron chi connectivity index (χ4n) is 3.60. The van der Waals surface area contributed by atoms with Crippen LogP contribution in [0.4, 0.5) is 5.13 Å². The molecule has 30 heavy (non-hydrogen) atoms. The van der Waals surface area contributed by atoms with Gasteiger partial charge in [-0.2, -0.15) is 0 Å². The molecule has 2 heterocycles. The summed E-state index contributed by atoms with van der Waals surface area (Å²) in [4.78, 5) is 21.8. The van der Waals surface area contributed by atoms with E-state index in [0.29, 0.717) is 18.8 Å². The van der Waals surface area contributed by atoms with Gasteiger partial charge in [-0.3, -0.25) is 4.79 Å². The van der Waals surface area contributed by atoms with Gasteiger partial charge in [-0.05, 0) is 55.3 Å². The molecule has 4 rings (SSSR count). The number of hydrogen-bond donors (Lipinski definition) is 0. The van der Waals surface area contributed by atoms with Crippen molar-refractivity contribution >= 4 is 32.6 Å². The molecular weight excluding hydrogens is 398 g/mol. The van der Waals surface area contributed by atoms with Crippen LogP contribution in [0.25, 0.3) is 10.2 Å². The van der Waals surface area contributed by atoms with Crippen LogP contribution in [0.5, 0.6) is 11.5 Å². The van der Waals surface area contributed by atoms with Gasteiger partial charge in [-0.25, -0.2) is 4.98 Å². The fourth-order valence-corrected chi connectivity index (χ4v) is 4.68. The Morgan fingerprint density at radius 2 is 1.80 bits per heavy atom. The zero-order valence-corrected chi connectivity index (χ0v) is 18.4. The van der Waals surface area contributed by atoms with Crippen LogP contribution in [0.1, 0.15) is 19.4 Å². The van der Waals surface area contributed by atoms with Crippen LogP contribution in [0.2, 0.25) is 0 Å². The number of methoxy groups -OCH3 is 1. The molecule has 1 aromatic heterocycles. The van der Waals surface area contributed by atoms with E-state index in [1.807, 2.05) is 29.2 Å². The summed E-state index contributed by atoms with van der Waals surface area (Å²) in [6, 6.07) is 13.8. The molecule has 0 aliphatic carbocycles. The number of benzene rings is 2. The van der Waals surface area contributed by atoms with Crippen LogP contribution in [0.15, 0.2) is 42.5 Å². The number of hydrogen-bond acceptors (Lipinski definition) is 6. The molecule has 7 heteroatoms. The first-order valence-corrected chi connectivity index (χ1v) is 11.1. The average Bonchev–Trinajstić information content (AvgIpc) is 3.22. The third kappa shape index (κ3) is 4.36. The van der Waals surface area contributed by atoms with Gasteiger partial charge in [0.1, 0.15) is 11.5 Å². The van der Waals surface area contributed by atoms with Gasteiger partial charge in [0.25, 0.3) is 5.91 Å². The van der Waals surface area contributed by atoms with Crippen LogP contribution in [-0.2, 0) is 11.2 Å². The van der Waals surface area contributed by atoms with Gasteiger partial charge in [0.05, 0.1) is 17.3 Å².